The van der Waals surface area contributed by atoms with Crippen LogP contribution in [0.1, 0.15) is 24.3 Å². The zero-order valence-corrected chi connectivity index (χ0v) is 9.63. The van der Waals surface area contributed by atoms with Gasteiger partial charge in [0, 0.05) is 24.2 Å². The molecule has 2 heterocycles. The van der Waals surface area contributed by atoms with E-state index < -0.39 is 6.09 Å². The van der Waals surface area contributed by atoms with Gasteiger partial charge < -0.3 is 15.4 Å². The van der Waals surface area contributed by atoms with Gasteiger partial charge >= 0.3 is 6.09 Å². The van der Waals surface area contributed by atoms with Crippen LogP contribution >= 0.6 is 0 Å². The number of primary amides is 1. The lowest BCUT2D eigenvalue weighted by Gasteiger charge is -2.22. The summed E-state index contributed by atoms with van der Waals surface area (Å²) in [6.07, 6.45) is 1.70. The molecule has 0 aliphatic carbocycles. The molecule has 0 radical (unpaired) electrons. The summed E-state index contributed by atoms with van der Waals surface area (Å²) in [7, 11) is 0. The molecule has 3 rings (SSSR count). The Kier molecular flexibility index (Phi) is 2.42. The number of para-hydroxylation sites is 1. The highest BCUT2D eigenvalue weighted by Crippen LogP contribution is 2.45. The first kappa shape index (κ1) is 10.4. The van der Waals surface area contributed by atoms with Gasteiger partial charge in [0.1, 0.15) is 6.61 Å². The Labute approximate surface area is 100 Å². The van der Waals surface area contributed by atoms with Gasteiger partial charge in [-0.2, -0.15) is 0 Å². The van der Waals surface area contributed by atoms with Crippen LogP contribution in [-0.2, 0) is 4.74 Å². The van der Waals surface area contributed by atoms with Crippen LogP contribution in [0.25, 0.3) is 0 Å². The van der Waals surface area contributed by atoms with Gasteiger partial charge in [0.15, 0.2) is 0 Å². The standard InChI is InChI=1S/C13H16N2O2/c14-13(16)17-8-10-9-4-1-2-5-11(9)15-7-3-6-12(10)15/h1-2,4-5,10,12H,3,6-8H2,(H2,14,16)/t10-,12-/m0/s1. The number of rotatable bonds is 2. The van der Waals surface area contributed by atoms with Gasteiger partial charge in [-0.3, -0.25) is 0 Å². The molecule has 4 nitrogen and oxygen atoms in total. The molecule has 0 aromatic heterocycles. The van der Waals surface area contributed by atoms with E-state index in [-0.39, 0.29) is 5.92 Å². The Balaban J connectivity index is 1.89. The molecular weight excluding hydrogens is 216 g/mol. The van der Waals surface area contributed by atoms with Gasteiger partial charge in [-0.05, 0) is 24.5 Å². The Hall–Kier alpha value is -1.71. The summed E-state index contributed by atoms with van der Waals surface area (Å²) in [5.74, 6) is 0.279. The molecule has 0 unspecified atom stereocenters. The molecule has 1 aromatic rings. The van der Waals surface area contributed by atoms with Gasteiger partial charge in [-0.15, -0.1) is 0 Å². The Morgan fingerprint density at radius 1 is 1.47 bits per heavy atom. The summed E-state index contributed by atoms with van der Waals surface area (Å²) in [5, 5.41) is 0. The number of carbonyl (C=O) groups is 1. The first-order valence-electron chi connectivity index (χ1n) is 6.05. The predicted molar refractivity (Wildman–Crippen MR) is 65.1 cm³/mol. The average Bonchev–Trinajstić information content (AvgIpc) is 2.87. The number of anilines is 1. The average molecular weight is 232 g/mol. The molecule has 0 bridgehead atoms. The van der Waals surface area contributed by atoms with Crippen molar-refractivity contribution in [3.63, 3.8) is 0 Å². The van der Waals surface area contributed by atoms with Crippen LogP contribution in [0, 0.1) is 0 Å². The molecule has 90 valence electrons. The van der Waals surface area contributed by atoms with Crippen molar-refractivity contribution in [2.75, 3.05) is 18.1 Å². The van der Waals surface area contributed by atoms with Crippen LogP contribution in [0.5, 0.6) is 0 Å². The highest BCUT2D eigenvalue weighted by molar-refractivity contribution is 5.66. The Morgan fingerprint density at radius 3 is 3.12 bits per heavy atom. The van der Waals surface area contributed by atoms with E-state index in [1.165, 1.54) is 24.1 Å². The van der Waals surface area contributed by atoms with Gasteiger partial charge in [0.2, 0.25) is 0 Å². The number of nitrogens with zero attached hydrogens (tertiary/aromatic N) is 1. The number of fused-ring (bicyclic) bond motifs is 3. The van der Waals surface area contributed by atoms with Gasteiger partial charge in [0.25, 0.3) is 0 Å². The van der Waals surface area contributed by atoms with E-state index in [0.29, 0.717) is 12.6 Å². The number of hydrogen-bond acceptors (Lipinski definition) is 3. The van der Waals surface area contributed by atoms with Crippen LogP contribution in [-0.4, -0.2) is 25.3 Å². The van der Waals surface area contributed by atoms with E-state index in [9.17, 15) is 4.79 Å². The number of hydrogen-bond donors (Lipinski definition) is 1. The summed E-state index contributed by atoms with van der Waals surface area (Å²) in [6.45, 7) is 1.50. The van der Waals surface area contributed by atoms with Crippen LogP contribution in [0.4, 0.5) is 10.5 Å². The summed E-state index contributed by atoms with van der Waals surface area (Å²) in [5.41, 5.74) is 7.64. The third-order valence-corrected chi connectivity index (χ3v) is 3.81. The molecular formula is C13H16N2O2. The fraction of sp³-hybridized carbons (Fsp3) is 0.462. The fourth-order valence-electron chi connectivity index (χ4n) is 3.15. The van der Waals surface area contributed by atoms with Crippen molar-refractivity contribution in [2.24, 2.45) is 5.73 Å². The van der Waals surface area contributed by atoms with Crippen molar-refractivity contribution in [1.29, 1.82) is 0 Å². The maximum absolute atomic E-state index is 10.7. The quantitative estimate of drug-likeness (QED) is 0.846. The smallest absolute Gasteiger partial charge is 0.404 e. The first-order valence-corrected chi connectivity index (χ1v) is 6.05. The van der Waals surface area contributed by atoms with Crippen LogP contribution < -0.4 is 10.6 Å². The molecule has 2 N–H and O–H groups in total. The molecule has 2 atom stereocenters. The van der Waals surface area contributed by atoms with Crippen molar-refractivity contribution in [2.45, 2.75) is 24.8 Å². The summed E-state index contributed by atoms with van der Waals surface area (Å²) in [4.78, 5) is 13.2. The number of ether oxygens (including phenoxy) is 1. The van der Waals surface area contributed by atoms with Gasteiger partial charge in [0.05, 0.1) is 0 Å². The van der Waals surface area contributed by atoms with Crippen LogP contribution in [0.15, 0.2) is 24.3 Å². The zero-order chi connectivity index (χ0) is 11.8. The van der Waals surface area contributed by atoms with Crippen LogP contribution in [0.3, 0.4) is 0 Å². The molecule has 1 amide bonds. The summed E-state index contributed by atoms with van der Waals surface area (Å²) in [6, 6.07) is 8.86. The second kappa shape index (κ2) is 3.95. The normalized spacial score (nSPS) is 25.5. The number of carbonyl (C=O) groups excluding carboxylic acids is 1. The lowest BCUT2D eigenvalue weighted by Crippen LogP contribution is -2.30. The maximum atomic E-state index is 10.7. The SMILES string of the molecule is NC(=O)OC[C@H]1c2ccccc2N2CCC[C@@H]12. The second-order valence-electron chi connectivity index (χ2n) is 4.70. The third kappa shape index (κ3) is 1.64. The minimum absolute atomic E-state index is 0.279. The van der Waals surface area contributed by atoms with E-state index in [4.69, 9.17) is 10.5 Å². The molecule has 4 heteroatoms. The van der Waals surface area contributed by atoms with Crippen molar-refractivity contribution >= 4 is 11.8 Å². The van der Waals surface area contributed by atoms with E-state index in [1.54, 1.807) is 0 Å². The predicted octanol–water partition coefficient (Wildman–Crippen LogP) is 1.85. The zero-order valence-electron chi connectivity index (χ0n) is 9.63. The monoisotopic (exact) mass is 232 g/mol. The largest absolute Gasteiger partial charge is 0.449 e. The number of nitrogens with two attached hydrogens (primary N) is 1. The Bertz CT molecular complexity index is 447. The Morgan fingerprint density at radius 2 is 2.29 bits per heavy atom. The van der Waals surface area contributed by atoms with Gasteiger partial charge in [-0.25, -0.2) is 4.79 Å². The van der Waals surface area contributed by atoms with E-state index >= 15 is 0 Å². The minimum atomic E-state index is -0.682. The number of amides is 1. The summed E-state index contributed by atoms with van der Waals surface area (Å²) < 4.78 is 5.00. The molecule has 1 saturated heterocycles. The van der Waals surface area contributed by atoms with Crippen molar-refractivity contribution < 1.29 is 9.53 Å². The van der Waals surface area contributed by atoms with Crippen molar-refractivity contribution in [1.82, 2.24) is 0 Å². The fourth-order valence-corrected chi connectivity index (χ4v) is 3.15. The highest BCUT2D eigenvalue weighted by atomic mass is 16.5. The first-order chi connectivity index (χ1) is 8.27. The summed E-state index contributed by atoms with van der Waals surface area (Å²) >= 11 is 0. The minimum Gasteiger partial charge on any atom is -0.449 e. The van der Waals surface area contributed by atoms with Crippen molar-refractivity contribution in [3.05, 3.63) is 29.8 Å². The van der Waals surface area contributed by atoms with Crippen molar-refractivity contribution in [3.8, 4) is 0 Å². The lowest BCUT2D eigenvalue weighted by molar-refractivity contribution is 0.146. The van der Waals surface area contributed by atoms with E-state index in [1.807, 2.05) is 6.07 Å². The molecule has 17 heavy (non-hydrogen) atoms. The number of benzene rings is 1. The van der Waals surface area contributed by atoms with E-state index in [2.05, 4.69) is 23.1 Å². The lowest BCUT2D eigenvalue weighted by atomic mass is 9.94. The molecule has 1 aromatic carbocycles. The highest BCUT2D eigenvalue weighted by Gasteiger charge is 2.41. The third-order valence-electron chi connectivity index (χ3n) is 3.81. The maximum Gasteiger partial charge on any atom is 0.404 e. The second-order valence-corrected chi connectivity index (χ2v) is 4.70. The van der Waals surface area contributed by atoms with Gasteiger partial charge in [-0.1, -0.05) is 18.2 Å². The van der Waals surface area contributed by atoms with Crippen LogP contribution in [0.2, 0.25) is 0 Å². The molecule has 0 saturated carbocycles. The van der Waals surface area contributed by atoms with E-state index in [0.717, 1.165) is 6.54 Å². The topological polar surface area (TPSA) is 55.6 Å². The molecule has 0 spiro atoms. The molecule has 2 aliphatic rings. The molecule has 2 aliphatic heterocycles. The molecule has 1 fully saturated rings.